The average Bonchev–Trinajstić information content (AvgIpc) is 2.45. The van der Waals surface area contributed by atoms with Gasteiger partial charge < -0.3 is 10.1 Å². The van der Waals surface area contributed by atoms with Gasteiger partial charge in [-0.15, -0.1) is 0 Å². The number of hydrogen-bond acceptors (Lipinski definition) is 2. The summed E-state index contributed by atoms with van der Waals surface area (Å²) in [4.78, 5) is 11.8. The van der Waals surface area contributed by atoms with Gasteiger partial charge in [0.15, 0.2) is 0 Å². The number of hydrogen-bond donors (Lipinski definition) is 1. The van der Waals surface area contributed by atoms with Crippen LogP contribution in [0.25, 0.3) is 0 Å². The second-order valence-electron chi connectivity index (χ2n) is 4.52. The van der Waals surface area contributed by atoms with E-state index in [1.54, 1.807) is 18.2 Å². The summed E-state index contributed by atoms with van der Waals surface area (Å²) >= 11 is 5.86. The Morgan fingerprint density at radius 2 is 2.10 bits per heavy atom. The smallest absolute Gasteiger partial charge is 0.251 e. The summed E-state index contributed by atoms with van der Waals surface area (Å²) in [7, 11) is 0. The van der Waals surface area contributed by atoms with Crippen molar-refractivity contribution in [2.24, 2.45) is 0 Å². The molecule has 0 unspecified atom stereocenters. The van der Waals surface area contributed by atoms with Crippen LogP contribution in [0.4, 0.5) is 4.39 Å². The Labute approximate surface area is 127 Å². The number of amides is 1. The number of nitrogens with one attached hydrogen (secondary N) is 1. The lowest BCUT2D eigenvalue weighted by Crippen LogP contribution is -2.28. The molecule has 110 valence electrons. The van der Waals surface area contributed by atoms with E-state index in [1.165, 1.54) is 18.2 Å². The van der Waals surface area contributed by atoms with Gasteiger partial charge in [0.1, 0.15) is 18.2 Å². The predicted octanol–water partition coefficient (Wildman–Crippen LogP) is 3.60. The van der Waals surface area contributed by atoms with Crippen LogP contribution in [0.15, 0.2) is 42.5 Å². The third-order valence-electron chi connectivity index (χ3n) is 2.87. The molecule has 0 aromatic heterocycles. The Kier molecular flexibility index (Phi) is 5.17. The van der Waals surface area contributed by atoms with Crippen LogP contribution < -0.4 is 10.1 Å². The quantitative estimate of drug-likeness (QED) is 0.857. The number of halogens is 2. The summed E-state index contributed by atoms with van der Waals surface area (Å²) < 4.78 is 18.6. The van der Waals surface area contributed by atoms with E-state index >= 15 is 0 Å². The number of carbonyl (C=O) groups excluding carboxylic acids is 1. The van der Waals surface area contributed by atoms with Crippen LogP contribution in [-0.4, -0.2) is 19.1 Å². The molecule has 1 N–H and O–H groups in total. The molecular formula is C16H15ClFNO2. The van der Waals surface area contributed by atoms with Crippen LogP contribution in [-0.2, 0) is 0 Å². The van der Waals surface area contributed by atoms with E-state index in [9.17, 15) is 9.18 Å². The van der Waals surface area contributed by atoms with Gasteiger partial charge >= 0.3 is 0 Å². The first-order valence-corrected chi connectivity index (χ1v) is 6.87. The zero-order chi connectivity index (χ0) is 15.2. The minimum atomic E-state index is -0.435. The SMILES string of the molecule is Cc1cc(Cl)ccc1OCCNC(=O)c1cccc(F)c1. The first-order chi connectivity index (χ1) is 10.1. The van der Waals surface area contributed by atoms with Crippen LogP contribution >= 0.6 is 11.6 Å². The number of ether oxygens (including phenoxy) is 1. The van der Waals surface area contributed by atoms with Crippen LogP contribution in [0, 0.1) is 12.7 Å². The molecule has 21 heavy (non-hydrogen) atoms. The Bertz CT molecular complexity index is 646. The van der Waals surface area contributed by atoms with Crippen molar-refractivity contribution in [3.8, 4) is 5.75 Å². The fraction of sp³-hybridized carbons (Fsp3) is 0.188. The van der Waals surface area contributed by atoms with Crippen molar-refractivity contribution in [2.75, 3.05) is 13.2 Å². The molecule has 2 rings (SSSR count). The molecule has 0 aliphatic heterocycles. The Morgan fingerprint density at radius 1 is 1.29 bits per heavy atom. The average molecular weight is 308 g/mol. The van der Waals surface area contributed by atoms with E-state index in [2.05, 4.69) is 5.32 Å². The number of aryl methyl sites for hydroxylation is 1. The molecule has 2 aromatic rings. The number of benzene rings is 2. The van der Waals surface area contributed by atoms with E-state index < -0.39 is 5.82 Å². The van der Waals surface area contributed by atoms with Gasteiger partial charge in [0, 0.05) is 10.6 Å². The van der Waals surface area contributed by atoms with Gasteiger partial charge in [0.2, 0.25) is 0 Å². The van der Waals surface area contributed by atoms with Crippen molar-refractivity contribution >= 4 is 17.5 Å². The third kappa shape index (κ3) is 4.46. The van der Waals surface area contributed by atoms with Gasteiger partial charge in [-0.1, -0.05) is 17.7 Å². The van der Waals surface area contributed by atoms with Crippen molar-refractivity contribution in [3.05, 3.63) is 64.4 Å². The molecule has 0 saturated heterocycles. The summed E-state index contributed by atoms with van der Waals surface area (Å²) in [6, 6.07) is 10.9. The highest BCUT2D eigenvalue weighted by Crippen LogP contribution is 2.21. The van der Waals surface area contributed by atoms with Crippen LogP contribution in [0.5, 0.6) is 5.75 Å². The lowest BCUT2D eigenvalue weighted by atomic mass is 10.2. The first kappa shape index (κ1) is 15.3. The van der Waals surface area contributed by atoms with E-state index in [4.69, 9.17) is 16.3 Å². The topological polar surface area (TPSA) is 38.3 Å². The van der Waals surface area contributed by atoms with Crippen molar-refractivity contribution < 1.29 is 13.9 Å². The summed E-state index contributed by atoms with van der Waals surface area (Å²) in [5.74, 6) is -0.0407. The molecule has 1 amide bonds. The van der Waals surface area contributed by atoms with Gasteiger partial charge in [0.25, 0.3) is 5.91 Å². The second kappa shape index (κ2) is 7.09. The monoisotopic (exact) mass is 307 g/mol. The number of carbonyl (C=O) groups is 1. The van der Waals surface area contributed by atoms with Crippen LogP contribution in [0.2, 0.25) is 5.02 Å². The van der Waals surface area contributed by atoms with Gasteiger partial charge in [0.05, 0.1) is 6.54 Å². The van der Waals surface area contributed by atoms with Crippen molar-refractivity contribution in [1.29, 1.82) is 0 Å². The largest absolute Gasteiger partial charge is 0.491 e. The molecule has 0 aliphatic rings. The zero-order valence-corrected chi connectivity index (χ0v) is 12.3. The summed E-state index contributed by atoms with van der Waals surface area (Å²) in [5.41, 5.74) is 1.22. The third-order valence-corrected chi connectivity index (χ3v) is 3.10. The molecular weight excluding hydrogens is 293 g/mol. The van der Waals surface area contributed by atoms with Gasteiger partial charge in [-0.3, -0.25) is 4.79 Å². The summed E-state index contributed by atoms with van der Waals surface area (Å²) in [5, 5.41) is 3.32. The molecule has 0 atom stereocenters. The standard InChI is InChI=1S/C16H15ClFNO2/c1-11-9-13(17)5-6-15(11)21-8-7-19-16(20)12-3-2-4-14(18)10-12/h2-6,9-10H,7-8H2,1H3,(H,19,20). The highest BCUT2D eigenvalue weighted by Gasteiger charge is 2.06. The van der Waals surface area contributed by atoms with Crippen LogP contribution in [0.1, 0.15) is 15.9 Å². The molecule has 0 saturated carbocycles. The van der Waals surface area contributed by atoms with Crippen molar-refractivity contribution in [3.63, 3.8) is 0 Å². The predicted molar refractivity (Wildman–Crippen MR) is 80.4 cm³/mol. The first-order valence-electron chi connectivity index (χ1n) is 6.49. The van der Waals surface area contributed by atoms with E-state index in [0.29, 0.717) is 18.2 Å². The van der Waals surface area contributed by atoms with E-state index in [0.717, 1.165) is 11.3 Å². The minimum absolute atomic E-state index is 0.290. The molecule has 5 heteroatoms. The molecule has 0 radical (unpaired) electrons. The normalized spacial score (nSPS) is 10.2. The second-order valence-corrected chi connectivity index (χ2v) is 4.96. The van der Waals surface area contributed by atoms with Crippen molar-refractivity contribution in [1.82, 2.24) is 5.32 Å². The fourth-order valence-electron chi connectivity index (χ4n) is 1.83. The maximum Gasteiger partial charge on any atom is 0.251 e. The summed E-state index contributed by atoms with van der Waals surface area (Å²) in [6.07, 6.45) is 0. The lowest BCUT2D eigenvalue weighted by Gasteiger charge is -2.10. The maximum absolute atomic E-state index is 13.0. The van der Waals surface area contributed by atoms with Gasteiger partial charge in [-0.25, -0.2) is 4.39 Å². The van der Waals surface area contributed by atoms with E-state index in [-0.39, 0.29) is 11.5 Å². The lowest BCUT2D eigenvalue weighted by molar-refractivity contribution is 0.0946. The molecule has 0 bridgehead atoms. The zero-order valence-electron chi connectivity index (χ0n) is 11.5. The Morgan fingerprint density at radius 3 is 2.81 bits per heavy atom. The molecule has 0 aliphatic carbocycles. The van der Waals surface area contributed by atoms with Crippen LogP contribution in [0.3, 0.4) is 0 Å². The Balaban J connectivity index is 1.80. The molecule has 2 aromatic carbocycles. The molecule has 0 fully saturated rings. The van der Waals surface area contributed by atoms with E-state index in [1.807, 2.05) is 13.0 Å². The van der Waals surface area contributed by atoms with Gasteiger partial charge in [-0.2, -0.15) is 0 Å². The highest BCUT2D eigenvalue weighted by molar-refractivity contribution is 6.30. The molecule has 0 heterocycles. The highest BCUT2D eigenvalue weighted by atomic mass is 35.5. The minimum Gasteiger partial charge on any atom is -0.491 e. The molecule has 0 spiro atoms. The van der Waals surface area contributed by atoms with Crippen molar-refractivity contribution in [2.45, 2.75) is 6.92 Å². The summed E-state index contributed by atoms with van der Waals surface area (Å²) in [6.45, 7) is 2.55. The fourth-order valence-corrected chi connectivity index (χ4v) is 2.06. The van der Waals surface area contributed by atoms with Gasteiger partial charge in [-0.05, 0) is 48.9 Å². The maximum atomic E-state index is 13.0. The Hall–Kier alpha value is -2.07. The molecule has 3 nitrogen and oxygen atoms in total. The number of rotatable bonds is 5.